The van der Waals surface area contributed by atoms with E-state index < -0.39 is 0 Å². The van der Waals surface area contributed by atoms with Crippen molar-refractivity contribution in [3.8, 4) is 0 Å². The molecule has 0 aliphatic carbocycles. The van der Waals surface area contributed by atoms with E-state index in [2.05, 4.69) is 17.4 Å². The first-order valence-corrected chi connectivity index (χ1v) is 7.19. The number of hydrogen-bond acceptors (Lipinski definition) is 2. The van der Waals surface area contributed by atoms with Gasteiger partial charge in [0, 0.05) is 36.0 Å². The second-order valence-corrected chi connectivity index (χ2v) is 5.65. The van der Waals surface area contributed by atoms with Crippen LogP contribution in [0, 0.1) is 0 Å². The highest BCUT2D eigenvalue weighted by molar-refractivity contribution is 6.30. The van der Waals surface area contributed by atoms with Crippen molar-refractivity contribution in [2.75, 3.05) is 11.9 Å². The highest BCUT2D eigenvalue weighted by atomic mass is 35.5. The fourth-order valence-corrected chi connectivity index (χ4v) is 2.84. The van der Waals surface area contributed by atoms with Crippen molar-refractivity contribution in [2.45, 2.75) is 18.8 Å². The van der Waals surface area contributed by atoms with Crippen LogP contribution in [0.2, 0.25) is 5.02 Å². The number of rotatable bonds is 4. The second-order valence-electron chi connectivity index (χ2n) is 5.21. The molecule has 0 fully saturated rings. The summed E-state index contributed by atoms with van der Waals surface area (Å²) in [5, 5.41) is 4.06. The van der Waals surface area contributed by atoms with Crippen LogP contribution in [0.25, 0.3) is 0 Å². The molecule has 0 aromatic heterocycles. The molecule has 0 bridgehead atoms. The van der Waals surface area contributed by atoms with Gasteiger partial charge in [0.15, 0.2) is 0 Å². The van der Waals surface area contributed by atoms with Gasteiger partial charge in [-0.25, -0.2) is 0 Å². The van der Waals surface area contributed by atoms with Gasteiger partial charge in [-0.15, -0.1) is 0 Å². The van der Waals surface area contributed by atoms with E-state index >= 15 is 0 Å². The summed E-state index contributed by atoms with van der Waals surface area (Å²) in [4.78, 5) is 12.2. The second kappa shape index (κ2) is 5.68. The number of fused-ring (bicyclic) bond motifs is 1. The first-order valence-electron chi connectivity index (χ1n) is 6.81. The van der Waals surface area contributed by atoms with E-state index in [4.69, 9.17) is 11.6 Å². The summed E-state index contributed by atoms with van der Waals surface area (Å²) >= 11 is 5.85. The molecule has 1 atom stereocenters. The van der Waals surface area contributed by atoms with Crippen LogP contribution in [-0.2, 0) is 11.2 Å². The maximum Gasteiger partial charge on any atom is 0.137 e. The van der Waals surface area contributed by atoms with Crippen molar-refractivity contribution in [1.82, 2.24) is 0 Å². The summed E-state index contributed by atoms with van der Waals surface area (Å²) in [5.74, 6) is 0.571. The number of carbonyl (C=O) groups is 1. The number of ketones is 1. The molecule has 0 saturated heterocycles. The van der Waals surface area contributed by atoms with Crippen molar-refractivity contribution in [3.63, 3.8) is 0 Å². The number of benzene rings is 2. The van der Waals surface area contributed by atoms with E-state index in [0.717, 1.165) is 17.8 Å². The van der Waals surface area contributed by atoms with Gasteiger partial charge in [-0.2, -0.15) is 0 Å². The summed E-state index contributed by atoms with van der Waals surface area (Å²) in [6.07, 6.45) is 1.07. The molecule has 2 aromatic carbocycles. The molecular weight excluding hydrogens is 270 g/mol. The van der Waals surface area contributed by atoms with Crippen LogP contribution in [0.3, 0.4) is 0 Å². The molecule has 1 heterocycles. The summed E-state index contributed by atoms with van der Waals surface area (Å²) in [6.45, 7) is 0.853. The molecule has 0 saturated carbocycles. The third-order valence-corrected chi connectivity index (χ3v) is 3.98. The zero-order valence-corrected chi connectivity index (χ0v) is 11.9. The molecule has 3 heteroatoms. The van der Waals surface area contributed by atoms with E-state index in [9.17, 15) is 4.79 Å². The molecule has 1 N–H and O–H groups in total. The van der Waals surface area contributed by atoms with Crippen molar-refractivity contribution in [2.24, 2.45) is 0 Å². The molecule has 0 spiro atoms. The fraction of sp³-hybridized carbons (Fsp3) is 0.235. The number of halogens is 1. The summed E-state index contributed by atoms with van der Waals surface area (Å²) < 4.78 is 0. The van der Waals surface area contributed by atoms with Gasteiger partial charge in [0.05, 0.1) is 0 Å². The number of hydrogen-bond donors (Lipinski definition) is 1. The Morgan fingerprint density at radius 1 is 1.15 bits per heavy atom. The molecule has 20 heavy (non-hydrogen) atoms. The highest BCUT2D eigenvalue weighted by Crippen LogP contribution is 2.33. The third kappa shape index (κ3) is 2.86. The Balaban J connectivity index is 1.64. The minimum absolute atomic E-state index is 0.274. The normalized spacial score (nSPS) is 16.6. The molecule has 1 aliphatic heterocycles. The average Bonchev–Trinajstić information content (AvgIpc) is 2.85. The van der Waals surface area contributed by atoms with Crippen LogP contribution >= 0.6 is 11.6 Å². The van der Waals surface area contributed by atoms with Gasteiger partial charge in [0.25, 0.3) is 0 Å². The Morgan fingerprint density at radius 2 is 1.90 bits per heavy atom. The minimum Gasteiger partial charge on any atom is -0.384 e. The van der Waals surface area contributed by atoms with Gasteiger partial charge in [-0.3, -0.25) is 4.79 Å². The molecule has 0 amide bonds. The smallest absolute Gasteiger partial charge is 0.137 e. The standard InChI is InChI=1S/C17H16ClNO/c18-14-7-5-12(6-8-14)9-15(20)10-13-11-19-17-4-2-1-3-16(13)17/h1-8,13,19H,9-11H2. The third-order valence-electron chi connectivity index (χ3n) is 3.73. The van der Waals surface area contributed by atoms with Crippen LogP contribution in [0.15, 0.2) is 48.5 Å². The number of anilines is 1. The van der Waals surface area contributed by atoms with Crippen LogP contribution < -0.4 is 5.32 Å². The molecular formula is C17H16ClNO. The van der Waals surface area contributed by atoms with Gasteiger partial charge < -0.3 is 5.32 Å². The Bertz CT molecular complexity index is 621. The first kappa shape index (κ1) is 13.2. The Labute approximate surface area is 123 Å². The van der Waals surface area contributed by atoms with Crippen LogP contribution in [-0.4, -0.2) is 12.3 Å². The Hall–Kier alpha value is -1.80. The fourth-order valence-electron chi connectivity index (χ4n) is 2.72. The first-order chi connectivity index (χ1) is 9.72. The van der Waals surface area contributed by atoms with E-state index in [1.54, 1.807) is 0 Å². The molecule has 102 valence electrons. The van der Waals surface area contributed by atoms with Crippen molar-refractivity contribution >= 4 is 23.1 Å². The summed E-state index contributed by atoms with van der Waals surface area (Å²) in [6, 6.07) is 15.7. The van der Waals surface area contributed by atoms with E-state index in [0.29, 0.717) is 23.8 Å². The highest BCUT2D eigenvalue weighted by Gasteiger charge is 2.23. The predicted molar refractivity (Wildman–Crippen MR) is 82.5 cm³/mol. The number of Topliss-reactive ketones (excluding diaryl/α,β-unsaturated/α-hetero) is 1. The predicted octanol–water partition coefficient (Wildman–Crippen LogP) is 4.05. The number of para-hydroxylation sites is 1. The van der Waals surface area contributed by atoms with Gasteiger partial charge >= 0.3 is 0 Å². The topological polar surface area (TPSA) is 29.1 Å². The maximum atomic E-state index is 12.2. The van der Waals surface area contributed by atoms with Crippen LogP contribution in [0.5, 0.6) is 0 Å². The van der Waals surface area contributed by atoms with Gasteiger partial charge in [-0.05, 0) is 29.3 Å². The Morgan fingerprint density at radius 3 is 2.70 bits per heavy atom. The zero-order valence-electron chi connectivity index (χ0n) is 11.1. The molecule has 2 nitrogen and oxygen atoms in total. The van der Waals surface area contributed by atoms with E-state index in [-0.39, 0.29) is 5.78 Å². The minimum atomic E-state index is 0.274. The summed E-state index contributed by atoms with van der Waals surface area (Å²) in [5.41, 5.74) is 3.45. The van der Waals surface area contributed by atoms with Gasteiger partial charge in [0.1, 0.15) is 5.78 Å². The molecule has 2 aromatic rings. The van der Waals surface area contributed by atoms with Crippen LogP contribution in [0.1, 0.15) is 23.5 Å². The lowest BCUT2D eigenvalue weighted by molar-refractivity contribution is -0.118. The molecule has 0 radical (unpaired) electrons. The van der Waals surface area contributed by atoms with E-state index in [1.165, 1.54) is 5.56 Å². The van der Waals surface area contributed by atoms with Crippen molar-refractivity contribution < 1.29 is 4.79 Å². The number of carbonyl (C=O) groups excluding carboxylic acids is 1. The maximum absolute atomic E-state index is 12.2. The van der Waals surface area contributed by atoms with Gasteiger partial charge in [-0.1, -0.05) is 41.9 Å². The lowest BCUT2D eigenvalue weighted by Crippen LogP contribution is -2.11. The van der Waals surface area contributed by atoms with Crippen molar-refractivity contribution in [1.29, 1.82) is 0 Å². The molecule has 3 rings (SSSR count). The largest absolute Gasteiger partial charge is 0.384 e. The lowest BCUT2D eigenvalue weighted by atomic mass is 9.93. The molecule has 1 aliphatic rings. The average molecular weight is 286 g/mol. The zero-order chi connectivity index (χ0) is 13.9. The summed E-state index contributed by atoms with van der Waals surface area (Å²) in [7, 11) is 0. The molecule has 1 unspecified atom stereocenters. The van der Waals surface area contributed by atoms with Crippen LogP contribution in [0.4, 0.5) is 5.69 Å². The van der Waals surface area contributed by atoms with E-state index in [1.807, 2.05) is 36.4 Å². The van der Waals surface area contributed by atoms with Gasteiger partial charge in [0.2, 0.25) is 0 Å². The lowest BCUT2D eigenvalue weighted by Gasteiger charge is -2.09. The monoisotopic (exact) mass is 285 g/mol. The Kier molecular flexibility index (Phi) is 3.75. The van der Waals surface area contributed by atoms with Crippen molar-refractivity contribution in [3.05, 3.63) is 64.7 Å². The number of nitrogens with one attached hydrogen (secondary N) is 1. The SMILES string of the molecule is O=C(Cc1ccc(Cl)cc1)CC1CNc2ccccc21. The quantitative estimate of drug-likeness (QED) is 0.918.